The van der Waals surface area contributed by atoms with E-state index in [0.717, 1.165) is 28.4 Å². The summed E-state index contributed by atoms with van der Waals surface area (Å²) in [5, 5.41) is 7.33. The van der Waals surface area contributed by atoms with Crippen molar-refractivity contribution in [2.45, 2.75) is 32.9 Å². The van der Waals surface area contributed by atoms with Gasteiger partial charge in [-0.15, -0.1) is 11.3 Å². The highest BCUT2D eigenvalue weighted by atomic mass is 32.1. The van der Waals surface area contributed by atoms with E-state index in [1.54, 1.807) is 31.5 Å². The normalized spacial score (nSPS) is 13.1. The number of hydrogen-bond donors (Lipinski definition) is 0. The molecule has 4 rings (SSSR count). The number of aromatic nitrogens is 3. The molecule has 2 amide bonds. The predicted molar refractivity (Wildman–Crippen MR) is 122 cm³/mol. The van der Waals surface area contributed by atoms with Crippen LogP contribution in [0, 0.1) is 6.92 Å². The van der Waals surface area contributed by atoms with Crippen LogP contribution in [0.2, 0.25) is 0 Å². The summed E-state index contributed by atoms with van der Waals surface area (Å²) in [6.45, 7) is 3.49. The second-order valence-corrected chi connectivity index (χ2v) is 9.09. The minimum Gasteiger partial charge on any atom is -0.497 e. The van der Waals surface area contributed by atoms with Gasteiger partial charge in [0.05, 0.1) is 18.7 Å². The molecule has 1 aromatic carbocycles. The molecule has 0 saturated heterocycles. The van der Waals surface area contributed by atoms with Gasteiger partial charge in [-0.25, -0.2) is 4.98 Å². The molecule has 9 heteroatoms. The number of carbonyl (C=O) groups excluding carboxylic acids is 2. The molecule has 0 atom stereocenters. The average molecular weight is 454 g/mol. The molecule has 0 N–H and O–H groups in total. The van der Waals surface area contributed by atoms with Crippen molar-refractivity contribution in [3.8, 4) is 5.75 Å². The Morgan fingerprint density at radius 1 is 1.22 bits per heavy atom. The molecule has 1 aliphatic rings. The van der Waals surface area contributed by atoms with Gasteiger partial charge >= 0.3 is 0 Å². The summed E-state index contributed by atoms with van der Waals surface area (Å²) in [5.41, 5.74) is 3.92. The molecule has 8 nitrogen and oxygen atoms in total. The van der Waals surface area contributed by atoms with Crippen LogP contribution in [0.25, 0.3) is 0 Å². The van der Waals surface area contributed by atoms with Gasteiger partial charge in [-0.1, -0.05) is 12.1 Å². The van der Waals surface area contributed by atoms with Crippen molar-refractivity contribution in [3.05, 3.63) is 62.9 Å². The van der Waals surface area contributed by atoms with Gasteiger partial charge in [-0.3, -0.25) is 14.3 Å². The second-order valence-electron chi connectivity index (χ2n) is 8.02. The van der Waals surface area contributed by atoms with Crippen molar-refractivity contribution in [3.63, 3.8) is 0 Å². The second kappa shape index (κ2) is 9.12. The summed E-state index contributed by atoms with van der Waals surface area (Å²) in [7, 11) is 5.09. The first-order chi connectivity index (χ1) is 15.4. The Morgan fingerprint density at radius 3 is 2.59 bits per heavy atom. The van der Waals surface area contributed by atoms with Crippen molar-refractivity contribution < 1.29 is 14.3 Å². The molecule has 1 aliphatic heterocycles. The highest BCUT2D eigenvalue weighted by Crippen LogP contribution is 2.26. The number of rotatable bonds is 6. The van der Waals surface area contributed by atoms with Gasteiger partial charge in [0.2, 0.25) is 0 Å². The molecule has 3 heterocycles. The molecule has 0 saturated carbocycles. The molecule has 0 fully saturated rings. The van der Waals surface area contributed by atoms with Crippen LogP contribution in [0.1, 0.15) is 42.8 Å². The largest absolute Gasteiger partial charge is 0.497 e. The Bertz CT molecular complexity index is 1130. The van der Waals surface area contributed by atoms with E-state index >= 15 is 0 Å². The third-order valence-corrected chi connectivity index (χ3v) is 6.41. The third-order valence-electron chi connectivity index (χ3n) is 5.64. The standard InChI is InChI=1S/C23H27N5O3S/c1-15-24-19(14-32-15)22(29)27-11-10-20-18(13-27)21(23(30)26(2)3)25-28(20)12-9-16-5-7-17(31-4)8-6-16/h5-8,14H,9-13H2,1-4H3. The number of amides is 2. The van der Waals surface area contributed by atoms with Gasteiger partial charge < -0.3 is 14.5 Å². The Kier molecular flexibility index (Phi) is 6.27. The minimum atomic E-state index is -0.150. The smallest absolute Gasteiger partial charge is 0.274 e. The SMILES string of the molecule is COc1ccc(CCn2nc(C(=O)N(C)C)c3c2CCN(C(=O)c2csc(C)n2)C3)cc1. The number of fused-ring (bicyclic) bond motifs is 1. The monoisotopic (exact) mass is 453 g/mol. The number of ether oxygens (including phenoxy) is 1. The molecule has 0 aliphatic carbocycles. The maximum Gasteiger partial charge on any atom is 0.274 e. The van der Waals surface area contributed by atoms with Crippen LogP contribution in [0.3, 0.4) is 0 Å². The molecule has 0 bridgehead atoms. The first kappa shape index (κ1) is 22.0. The van der Waals surface area contributed by atoms with Crippen molar-refractivity contribution in [1.29, 1.82) is 0 Å². The van der Waals surface area contributed by atoms with Crippen LogP contribution < -0.4 is 4.74 Å². The zero-order valence-corrected chi connectivity index (χ0v) is 19.6. The zero-order valence-electron chi connectivity index (χ0n) is 18.8. The third kappa shape index (κ3) is 4.38. The first-order valence-corrected chi connectivity index (χ1v) is 11.4. The Hall–Kier alpha value is -3.20. The van der Waals surface area contributed by atoms with Gasteiger partial charge in [0, 0.05) is 50.2 Å². The predicted octanol–water partition coefficient (Wildman–Crippen LogP) is 2.80. The van der Waals surface area contributed by atoms with Crippen molar-refractivity contribution in [2.24, 2.45) is 0 Å². The number of hydrogen-bond acceptors (Lipinski definition) is 6. The summed E-state index contributed by atoms with van der Waals surface area (Å²) in [5.74, 6) is 0.571. The fourth-order valence-electron chi connectivity index (χ4n) is 3.88. The molecule has 0 radical (unpaired) electrons. The Labute approximate surface area is 191 Å². The summed E-state index contributed by atoms with van der Waals surface area (Å²) >= 11 is 1.46. The quantitative estimate of drug-likeness (QED) is 0.573. The van der Waals surface area contributed by atoms with E-state index in [1.807, 2.05) is 35.9 Å². The van der Waals surface area contributed by atoms with Crippen LogP contribution in [-0.4, -0.2) is 64.1 Å². The first-order valence-electron chi connectivity index (χ1n) is 10.5. The molecule has 2 aromatic heterocycles. The molecule has 168 valence electrons. The van der Waals surface area contributed by atoms with E-state index in [0.29, 0.717) is 37.4 Å². The summed E-state index contributed by atoms with van der Waals surface area (Å²) in [6, 6.07) is 7.96. The Balaban J connectivity index is 1.58. The molecule has 3 aromatic rings. The van der Waals surface area contributed by atoms with E-state index in [-0.39, 0.29) is 11.8 Å². The molecular formula is C23H27N5O3S. The van der Waals surface area contributed by atoms with E-state index < -0.39 is 0 Å². The molecule has 0 unspecified atom stereocenters. The topological polar surface area (TPSA) is 80.6 Å². The van der Waals surface area contributed by atoms with Crippen LogP contribution in [0.15, 0.2) is 29.6 Å². The number of carbonyl (C=O) groups is 2. The van der Waals surface area contributed by atoms with Gasteiger partial charge in [0.25, 0.3) is 11.8 Å². The Morgan fingerprint density at radius 2 is 1.97 bits per heavy atom. The molecule has 32 heavy (non-hydrogen) atoms. The van der Waals surface area contributed by atoms with E-state index in [2.05, 4.69) is 10.1 Å². The van der Waals surface area contributed by atoms with E-state index in [9.17, 15) is 9.59 Å². The highest BCUT2D eigenvalue weighted by molar-refractivity contribution is 7.09. The molecular weight excluding hydrogens is 426 g/mol. The van der Waals surface area contributed by atoms with Crippen LogP contribution in [0.5, 0.6) is 5.75 Å². The fraction of sp³-hybridized carbons (Fsp3) is 0.391. The van der Waals surface area contributed by atoms with Gasteiger partial charge in [0.1, 0.15) is 11.4 Å². The van der Waals surface area contributed by atoms with Crippen molar-refractivity contribution in [2.75, 3.05) is 27.7 Å². The number of benzene rings is 1. The summed E-state index contributed by atoms with van der Waals surface area (Å²) in [4.78, 5) is 33.4. The van der Waals surface area contributed by atoms with Crippen LogP contribution in [0.4, 0.5) is 0 Å². The van der Waals surface area contributed by atoms with Crippen molar-refractivity contribution >= 4 is 23.2 Å². The van der Waals surface area contributed by atoms with Gasteiger partial charge in [0.15, 0.2) is 5.69 Å². The lowest BCUT2D eigenvalue weighted by Gasteiger charge is -2.27. The van der Waals surface area contributed by atoms with E-state index in [4.69, 9.17) is 4.74 Å². The fourth-order valence-corrected chi connectivity index (χ4v) is 4.47. The maximum atomic E-state index is 12.9. The lowest BCUT2D eigenvalue weighted by Crippen LogP contribution is -2.37. The summed E-state index contributed by atoms with van der Waals surface area (Å²) in [6.07, 6.45) is 1.44. The molecule has 0 spiro atoms. The minimum absolute atomic E-state index is 0.103. The maximum absolute atomic E-state index is 12.9. The van der Waals surface area contributed by atoms with Crippen LogP contribution in [-0.2, 0) is 25.9 Å². The van der Waals surface area contributed by atoms with Gasteiger partial charge in [-0.05, 0) is 31.0 Å². The van der Waals surface area contributed by atoms with Crippen molar-refractivity contribution in [1.82, 2.24) is 24.6 Å². The van der Waals surface area contributed by atoms with Gasteiger partial charge in [-0.2, -0.15) is 5.10 Å². The highest BCUT2D eigenvalue weighted by Gasteiger charge is 2.31. The van der Waals surface area contributed by atoms with E-state index in [1.165, 1.54) is 21.8 Å². The number of methoxy groups -OCH3 is 1. The number of nitrogens with zero attached hydrogens (tertiary/aromatic N) is 5. The lowest BCUT2D eigenvalue weighted by atomic mass is 10.0. The lowest BCUT2D eigenvalue weighted by molar-refractivity contribution is 0.0721. The number of aryl methyl sites for hydroxylation is 3. The average Bonchev–Trinajstić information content (AvgIpc) is 3.40. The summed E-state index contributed by atoms with van der Waals surface area (Å²) < 4.78 is 7.16. The number of thiazole rings is 1. The van der Waals surface area contributed by atoms with Crippen LogP contribution >= 0.6 is 11.3 Å². The zero-order chi connectivity index (χ0) is 22.8.